The van der Waals surface area contributed by atoms with Crippen LogP contribution in [0, 0.1) is 0 Å². The van der Waals surface area contributed by atoms with Gasteiger partial charge in [0.1, 0.15) is 18.1 Å². The van der Waals surface area contributed by atoms with Gasteiger partial charge in [-0.25, -0.2) is 4.79 Å². The molecule has 180 valence electrons. The number of rotatable bonds is 13. The minimum atomic E-state index is -1.65. The molecule has 0 aromatic rings. The van der Waals surface area contributed by atoms with Crippen molar-refractivity contribution in [1.82, 2.24) is 21.3 Å². The van der Waals surface area contributed by atoms with Crippen molar-refractivity contribution >= 4 is 35.6 Å². The zero-order chi connectivity index (χ0) is 24.3. The average Bonchev–Trinajstić information content (AvgIpc) is 3.23. The number of hydrogen-bond donors (Lipinski definition) is 8. The number of carboxylic acids is 2. The Bertz CT molecular complexity index is 733. The molecule has 0 saturated carbocycles. The molecule has 1 rings (SSSR count). The van der Waals surface area contributed by atoms with Crippen molar-refractivity contribution in [3.63, 3.8) is 0 Å². The van der Waals surface area contributed by atoms with Gasteiger partial charge in [0.15, 0.2) is 5.96 Å². The number of amides is 3. The van der Waals surface area contributed by atoms with Gasteiger partial charge in [-0.15, -0.1) is 0 Å². The van der Waals surface area contributed by atoms with E-state index in [0.717, 1.165) is 6.42 Å². The predicted octanol–water partition coefficient (Wildman–Crippen LogP) is -3.17. The molecule has 0 aliphatic carbocycles. The molecule has 10 N–H and O–H groups in total. The average molecular weight is 457 g/mol. The molecular weight excluding hydrogens is 426 g/mol. The van der Waals surface area contributed by atoms with E-state index in [1.54, 1.807) is 0 Å². The van der Waals surface area contributed by atoms with Crippen LogP contribution < -0.4 is 32.7 Å². The smallest absolute Gasteiger partial charge is 0.326 e. The van der Waals surface area contributed by atoms with Crippen LogP contribution in [-0.4, -0.2) is 83.1 Å². The zero-order valence-electron chi connectivity index (χ0n) is 17.8. The van der Waals surface area contributed by atoms with Gasteiger partial charge in [0, 0.05) is 6.54 Å². The zero-order valence-corrected chi connectivity index (χ0v) is 17.8. The second kappa shape index (κ2) is 13.1. The number of nitrogens with one attached hydrogen (secondary N) is 4. The highest BCUT2D eigenvalue weighted by Crippen LogP contribution is 2.07. The van der Waals surface area contributed by atoms with E-state index in [1.807, 2.05) is 0 Å². The number of aliphatic imine (C=N–C) groups is 1. The van der Waals surface area contributed by atoms with Crippen LogP contribution >= 0.6 is 0 Å². The number of carbonyl (C=O) groups excluding carboxylic acids is 3. The molecule has 0 aromatic heterocycles. The normalized spacial score (nSPS) is 18.0. The Morgan fingerprint density at radius 3 is 2.28 bits per heavy atom. The van der Waals surface area contributed by atoms with Crippen LogP contribution in [0.25, 0.3) is 0 Å². The summed E-state index contributed by atoms with van der Waals surface area (Å²) in [5.41, 5.74) is 10.5. The van der Waals surface area contributed by atoms with Crippen LogP contribution in [0.15, 0.2) is 4.99 Å². The van der Waals surface area contributed by atoms with Crippen molar-refractivity contribution in [3.05, 3.63) is 0 Å². The summed E-state index contributed by atoms with van der Waals surface area (Å²) in [7, 11) is 0. The van der Waals surface area contributed by atoms with Gasteiger partial charge in [-0.3, -0.25) is 24.2 Å². The highest BCUT2D eigenvalue weighted by atomic mass is 16.4. The number of guanidine groups is 1. The van der Waals surface area contributed by atoms with Crippen LogP contribution in [0.3, 0.4) is 0 Å². The lowest BCUT2D eigenvalue weighted by Gasteiger charge is -2.23. The first-order valence-corrected chi connectivity index (χ1v) is 10.2. The van der Waals surface area contributed by atoms with Crippen molar-refractivity contribution in [1.29, 1.82) is 0 Å². The Kier molecular flexibility index (Phi) is 10.9. The molecule has 4 unspecified atom stereocenters. The van der Waals surface area contributed by atoms with Gasteiger partial charge in [-0.2, -0.15) is 0 Å². The van der Waals surface area contributed by atoms with Crippen LogP contribution in [0.4, 0.5) is 0 Å². The van der Waals surface area contributed by atoms with Gasteiger partial charge in [-0.1, -0.05) is 0 Å². The summed E-state index contributed by atoms with van der Waals surface area (Å²) >= 11 is 0. The number of carboxylic acid groups (broad SMARTS) is 2. The van der Waals surface area contributed by atoms with Crippen LogP contribution in [0.5, 0.6) is 0 Å². The van der Waals surface area contributed by atoms with E-state index >= 15 is 0 Å². The number of nitrogens with zero attached hydrogens (tertiary/aromatic N) is 1. The van der Waals surface area contributed by atoms with Gasteiger partial charge in [0.2, 0.25) is 17.7 Å². The summed E-state index contributed by atoms with van der Waals surface area (Å²) in [6.45, 7) is 2.23. The first-order valence-electron chi connectivity index (χ1n) is 10.2. The second-order valence-electron chi connectivity index (χ2n) is 7.39. The van der Waals surface area contributed by atoms with E-state index < -0.39 is 54.3 Å². The maximum absolute atomic E-state index is 12.7. The first-order chi connectivity index (χ1) is 15.0. The summed E-state index contributed by atoms with van der Waals surface area (Å²) < 4.78 is 0. The number of hydrogen-bond acceptors (Lipinski definition) is 7. The molecule has 14 heteroatoms. The fraction of sp³-hybridized carbons (Fsp3) is 0.667. The molecule has 0 aromatic carbocycles. The van der Waals surface area contributed by atoms with E-state index in [4.69, 9.17) is 21.7 Å². The summed E-state index contributed by atoms with van der Waals surface area (Å²) in [6.07, 6.45) is 1.20. The highest BCUT2D eigenvalue weighted by molar-refractivity contribution is 5.94. The third-order valence-electron chi connectivity index (χ3n) is 4.70. The summed E-state index contributed by atoms with van der Waals surface area (Å²) in [4.78, 5) is 63.1. The molecule has 0 spiro atoms. The molecule has 1 heterocycles. The number of nitrogens with two attached hydrogens (primary N) is 2. The SMILES string of the molecule is CC(NC(=O)C(CCCN=C(N)N)NC(=O)C1CCCN1)C(=O)NC(CC(=O)O)C(=O)O. The lowest BCUT2D eigenvalue weighted by atomic mass is 10.1. The molecule has 3 amide bonds. The third-order valence-corrected chi connectivity index (χ3v) is 4.70. The standard InChI is InChI=1S/C18H31N7O7/c1-9(14(28)25-12(17(31)32)8-13(26)27)23-16(30)11(5-3-7-22-18(19)20)24-15(29)10-4-2-6-21-10/h9-12,21H,2-8H2,1H3,(H,23,30)(H,24,29)(H,25,28)(H,26,27)(H,31,32)(H4,19,20,22). The second-order valence-corrected chi connectivity index (χ2v) is 7.39. The summed E-state index contributed by atoms with van der Waals surface area (Å²) in [6, 6.07) is -4.23. The fourth-order valence-corrected chi connectivity index (χ4v) is 3.00. The molecule has 14 nitrogen and oxygen atoms in total. The third kappa shape index (κ3) is 9.59. The molecule has 1 fully saturated rings. The van der Waals surface area contributed by atoms with E-state index in [1.165, 1.54) is 6.92 Å². The van der Waals surface area contributed by atoms with Crippen molar-refractivity contribution < 1.29 is 34.2 Å². The van der Waals surface area contributed by atoms with Crippen LogP contribution in [0.2, 0.25) is 0 Å². The van der Waals surface area contributed by atoms with E-state index in [0.29, 0.717) is 19.4 Å². The molecule has 0 bridgehead atoms. The quantitative estimate of drug-likeness (QED) is 0.0783. The van der Waals surface area contributed by atoms with Gasteiger partial charge < -0.3 is 42.9 Å². The van der Waals surface area contributed by atoms with Gasteiger partial charge in [0.05, 0.1) is 12.5 Å². The van der Waals surface area contributed by atoms with Crippen molar-refractivity contribution in [3.8, 4) is 0 Å². The molecule has 0 radical (unpaired) electrons. The fourth-order valence-electron chi connectivity index (χ4n) is 3.00. The lowest BCUT2D eigenvalue weighted by molar-refractivity contribution is -0.147. The Balaban J connectivity index is 2.75. The lowest BCUT2D eigenvalue weighted by Crippen LogP contribution is -2.56. The Morgan fingerprint density at radius 1 is 1.06 bits per heavy atom. The molecule has 1 saturated heterocycles. The molecule has 1 aliphatic rings. The summed E-state index contributed by atoms with van der Waals surface area (Å²) in [5.74, 6) is -4.92. The molecule has 1 aliphatic heterocycles. The maximum atomic E-state index is 12.7. The van der Waals surface area contributed by atoms with Gasteiger partial charge >= 0.3 is 11.9 Å². The predicted molar refractivity (Wildman–Crippen MR) is 112 cm³/mol. The minimum absolute atomic E-state index is 0.107. The molecular formula is C18H31N7O7. The maximum Gasteiger partial charge on any atom is 0.326 e. The van der Waals surface area contributed by atoms with Crippen LogP contribution in [-0.2, 0) is 24.0 Å². The first kappa shape index (κ1) is 26.6. The minimum Gasteiger partial charge on any atom is -0.481 e. The number of carbonyl (C=O) groups is 5. The molecule has 32 heavy (non-hydrogen) atoms. The van der Waals surface area contributed by atoms with Crippen molar-refractivity contribution in [2.45, 2.75) is 63.2 Å². The van der Waals surface area contributed by atoms with E-state index in [-0.39, 0.29) is 24.8 Å². The molecule has 4 atom stereocenters. The Hall–Kier alpha value is -3.42. The summed E-state index contributed by atoms with van der Waals surface area (Å²) in [5, 5.41) is 27.9. The van der Waals surface area contributed by atoms with E-state index in [9.17, 15) is 24.0 Å². The van der Waals surface area contributed by atoms with Crippen LogP contribution in [0.1, 0.15) is 39.0 Å². The van der Waals surface area contributed by atoms with Gasteiger partial charge in [0.25, 0.3) is 0 Å². The van der Waals surface area contributed by atoms with Gasteiger partial charge in [-0.05, 0) is 39.2 Å². The van der Waals surface area contributed by atoms with Crippen molar-refractivity contribution in [2.75, 3.05) is 13.1 Å². The monoisotopic (exact) mass is 457 g/mol. The highest BCUT2D eigenvalue weighted by Gasteiger charge is 2.30. The Labute approximate surface area is 184 Å². The largest absolute Gasteiger partial charge is 0.481 e. The van der Waals surface area contributed by atoms with E-state index in [2.05, 4.69) is 26.3 Å². The van der Waals surface area contributed by atoms with Crippen molar-refractivity contribution in [2.24, 2.45) is 16.5 Å². The topological polar surface area (TPSA) is 238 Å². The Morgan fingerprint density at radius 2 is 1.75 bits per heavy atom. The number of aliphatic carboxylic acids is 2.